The van der Waals surface area contributed by atoms with Crippen molar-refractivity contribution in [1.29, 1.82) is 0 Å². The van der Waals surface area contributed by atoms with Crippen molar-refractivity contribution in [2.24, 2.45) is 0 Å². The molecule has 1 aliphatic heterocycles. The third-order valence-electron chi connectivity index (χ3n) is 7.73. The molecule has 242 valence electrons. The van der Waals surface area contributed by atoms with Crippen molar-refractivity contribution in [3.63, 3.8) is 0 Å². The molecule has 48 heavy (non-hydrogen) atoms. The number of nitrogens with zero attached hydrogens (tertiary/aromatic N) is 2. The molecule has 2 heterocycles. The van der Waals surface area contributed by atoms with Gasteiger partial charge < -0.3 is 19.3 Å². The molecule has 1 fully saturated rings. The number of esters is 1. The summed E-state index contributed by atoms with van der Waals surface area (Å²) in [7, 11) is 0. The van der Waals surface area contributed by atoms with Crippen LogP contribution in [0.15, 0.2) is 109 Å². The van der Waals surface area contributed by atoms with Gasteiger partial charge in [-0.25, -0.2) is 9.78 Å². The SMILES string of the molecule is CCOC(=O)c1sc(N2C(=O)C(=O)/C(=C(/O)c3ccc(OCc4ccccc4)c(C)c3)[C@H]2c2cccc(Oc3ccccc3)c2)nc1C. The van der Waals surface area contributed by atoms with Crippen LogP contribution < -0.4 is 14.4 Å². The Hall–Kier alpha value is -5.74. The van der Waals surface area contributed by atoms with Crippen LogP contribution in [0, 0.1) is 13.8 Å². The second kappa shape index (κ2) is 13.9. The highest BCUT2D eigenvalue weighted by Crippen LogP contribution is 2.45. The van der Waals surface area contributed by atoms with Crippen molar-refractivity contribution in [2.45, 2.75) is 33.4 Å². The first kappa shape index (κ1) is 32.2. The van der Waals surface area contributed by atoms with Crippen LogP contribution in [0.4, 0.5) is 5.13 Å². The van der Waals surface area contributed by atoms with Gasteiger partial charge in [0.05, 0.1) is 23.9 Å². The normalized spacial score (nSPS) is 15.4. The zero-order chi connectivity index (χ0) is 33.8. The molecular weight excluding hydrogens is 628 g/mol. The van der Waals surface area contributed by atoms with E-state index in [-0.39, 0.29) is 27.9 Å². The number of hydrogen-bond acceptors (Lipinski definition) is 9. The van der Waals surface area contributed by atoms with Crippen molar-refractivity contribution in [3.8, 4) is 17.2 Å². The quantitative estimate of drug-likeness (QED) is 0.0695. The summed E-state index contributed by atoms with van der Waals surface area (Å²) >= 11 is 0.949. The molecule has 4 aromatic carbocycles. The third kappa shape index (κ3) is 6.56. The number of aliphatic hydroxyl groups excluding tert-OH is 1. The lowest BCUT2D eigenvalue weighted by atomic mass is 9.94. The molecular formula is C38H32N2O7S. The number of carbonyl (C=O) groups is 3. The number of anilines is 1. The standard InChI is InChI=1S/C38H32N2O7S/c1-4-45-37(44)35-24(3)39-38(48-35)40-32(26-14-11-17-29(21-26)47-28-15-9-6-10-16-28)31(34(42)36(40)43)33(41)27-18-19-30(23(2)20-27)46-22-25-12-7-5-8-13-25/h5-21,32,41H,4,22H2,1-3H3/b33-31+/t32-/m1/s1. The summed E-state index contributed by atoms with van der Waals surface area (Å²) in [5, 5.41) is 11.9. The number of ether oxygens (including phenoxy) is 3. The Morgan fingerprint density at radius 1 is 0.896 bits per heavy atom. The van der Waals surface area contributed by atoms with E-state index in [0.29, 0.717) is 40.7 Å². The summed E-state index contributed by atoms with van der Waals surface area (Å²) in [5.74, 6) is -1.03. The molecule has 10 heteroatoms. The average Bonchev–Trinajstić information content (AvgIpc) is 3.60. The predicted octanol–water partition coefficient (Wildman–Crippen LogP) is 7.93. The number of aryl methyl sites for hydroxylation is 2. The Morgan fingerprint density at radius 3 is 2.31 bits per heavy atom. The van der Waals surface area contributed by atoms with E-state index < -0.39 is 23.7 Å². The molecule has 0 radical (unpaired) electrons. The van der Waals surface area contributed by atoms with Gasteiger partial charge in [-0.15, -0.1) is 0 Å². The minimum Gasteiger partial charge on any atom is -0.507 e. The van der Waals surface area contributed by atoms with E-state index in [2.05, 4.69) is 4.98 Å². The summed E-state index contributed by atoms with van der Waals surface area (Å²) in [4.78, 5) is 46.2. The van der Waals surface area contributed by atoms with E-state index in [9.17, 15) is 19.5 Å². The molecule has 1 N–H and O–H groups in total. The van der Waals surface area contributed by atoms with E-state index >= 15 is 0 Å². The highest BCUT2D eigenvalue weighted by atomic mass is 32.1. The van der Waals surface area contributed by atoms with Gasteiger partial charge in [-0.05, 0) is 79.9 Å². The average molecular weight is 661 g/mol. The fourth-order valence-corrected chi connectivity index (χ4v) is 6.43. The number of aromatic nitrogens is 1. The fourth-order valence-electron chi connectivity index (χ4n) is 5.44. The fraction of sp³-hybridized carbons (Fsp3) is 0.158. The zero-order valence-electron chi connectivity index (χ0n) is 26.5. The van der Waals surface area contributed by atoms with Gasteiger partial charge in [-0.2, -0.15) is 0 Å². The van der Waals surface area contributed by atoms with Crippen molar-refractivity contribution in [2.75, 3.05) is 11.5 Å². The number of Topliss-reactive ketones (excluding diaryl/α,β-unsaturated/α-hetero) is 1. The van der Waals surface area contributed by atoms with E-state index in [4.69, 9.17) is 14.2 Å². The zero-order valence-corrected chi connectivity index (χ0v) is 27.3. The van der Waals surface area contributed by atoms with Crippen LogP contribution in [0.1, 0.15) is 50.6 Å². The maximum atomic E-state index is 13.8. The van der Waals surface area contributed by atoms with Gasteiger partial charge in [0.25, 0.3) is 5.78 Å². The highest BCUT2D eigenvalue weighted by Gasteiger charge is 2.48. The van der Waals surface area contributed by atoms with Crippen molar-refractivity contribution < 1.29 is 33.7 Å². The summed E-state index contributed by atoms with van der Waals surface area (Å²) in [6, 6.07) is 29.9. The molecule has 1 aliphatic rings. The number of thiazole rings is 1. The Morgan fingerprint density at radius 2 is 1.60 bits per heavy atom. The van der Waals surface area contributed by atoms with Gasteiger partial charge in [-0.1, -0.05) is 72.0 Å². The van der Waals surface area contributed by atoms with Gasteiger partial charge >= 0.3 is 11.9 Å². The number of rotatable bonds is 10. The summed E-state index contributed by atoms with van der Waals surface area (Å²) < 4.78 is 17.3. The Bertz CT molecular complexity index is 2020. The number of ketones is 1. The molecule has 1 amide bonds. The van der Waals surface area contributed by atoms with Gasteiger partial charge in [-0.3, -0.25) is 14.5 Å². The molecule has 0 unspecified atom stereocenters. The van der Waals surface area contributed by atoms with Crippen LogP contribution in [0.2, 0.25) is 0 Å². The third-order valence-corrected chi connectivity index (χ3v) is 8.87. The van der Waals surface area contributed by atoms with Crippen LogP contribution in [0.3, 0.4) is 0 Å². The molecule has 0 bridgehead atoms. The maximum absolute atomic E-state index is 13.8. The topological polar surface area (TPSA) is 115 Å². The minimum absolute atomic E-state index is 0.122. The van der Waals surface area contributed by atoms with Crippen LogP contribution in [-0.4, -0.2) is 34.4 Å². The van der Waals surface area contributed by atoms with Crippen molar-refractivity contribution in [1.82, 2.24) is 4.98 Å². The number of carbonyl (C=O) groups excluding carboxylic acids is 3. The first-order valence-corrected chi connectivity index (χ1v) is 16.1. The highest BCUT2D eigenvalue weighted by molar-refractivity contribution is 7.17. The molecule has 1 aromatic heterocycles. The molecule has 5 aromatic rings. The van der Waals surface area contributed by atoms with E-state index in [0.717, 1.165) is 22.5 Å². The van der Waals surface area contributed by atoms with E-state index in [1.165, 1.54) is 4.90 Å². The van der Waals surface area contributed by atoms with Crippen molar-refractivity contribution >= 4 is 39.9 Å². The summed E-state index contributed by atoms with van der Waals surface area (Å²) in [5.41, 5.74) is 2.80. The summed E-state index contributed by atoms with van der Waals surface area (Å²) in [6.07, 6.45) is 0. The lowest BCUT2D eigenvalue weighted by Gasteiger charge is -2.23. The Balaban J connectivity index is 1.42. The van der Waals surface area contributed by atoms with Gasteiger partial charge in [0, 0.05) is 5.56 Å². The minimum atomic E-state index is -1.08. The van der Waals surface area contributed by atoms with E-state index in [1.54, 1.807) is 56.3 Å². The smallest absolute Gasteiger partial charge is 0.350 e. The number of para-hydroxylation sites is 1. The van der Waals surface area contributed by atoms with Crippen LogP contribution in [0.5, 0.6) is 17.2 Å². The molecule has 0 spiro atoms. The number of benzene rings is 4. The molecule has 1 saturated heterocycles. The van der Waals surface area contributed by atoms with Crippen LogP contribution >= 0.6 is 11.3 Å². The summed E-state index contributed by atoms with van der Waals surface area (Å²) in [6.45, 7) is 5.70. The number of hydrogen-bond donors (Lipinski definition) is 1. The van der Waals surface area contributed by atoms with Crippen LogP contribution in [0.25, 0.3) is 5.76 Å². The maximum Gasteiger partial charge on any atom is 0.350 e. The molecule has 9 nitrogen and oxygen atoms in total. The van der Waals surface area contributed by atoms with E-state index in [1.807, 2.05) is 67.6 Å². The first-order chi connectivity index (χ1) is 23.2. The second-order valence-electron chi connectivity index (χ2n) is 11.0. The number of aliphatic hydroxyl groups is 1. The Kier molecular flexibility index (Phi) is 9.36. The lowest BCUT2D eigenvalue weighted by molar-refractivity contribution is -0.132. The lowest BCUT2D eigenvalue weighted by Crippen LogP contribution is -2.29. The molecule has 0 saturated carbocycles. The van der Waals surface area contributed by atoms with Gasteiger partial charge in [0.2, 0.25) is 0 Å². The second-order valence-corrected chi connectivity index (χ2v) is 12.0. The van der Waals surface area contributed by atoms with Gasteiger partial charge in [0.15, 0.2) is 5.13 Å². The molecule has 6 rings (SSSR count). The largest absolute Gasteiger partial charge is 0.507 e. The number of amides is 1. The first-order valence-electron chi connectivity index (χ1n) is 15.3. The Labute approximate surface area is 281 Å². The van der Waals surface area contributed by atoms with Crippen molar-refractivity contribution in [3.05, 3.63) is 142 Å². The van der Waals surface area contributed by atoms with Gasteiger partial charge in [0.1, 0.15) is 34.5 Å². The monoisotopic (exact) mass is 660 g/mol. The molecule has 1 atom stereocenters. The van der Waals surface area contributed by atoms with Crippen LogP contribution in [-0.2, 0) is 20.9 Å². The predicted molar refractivity (Wildman–Crippen MR) is 183 cm³/mol. The molecule has 0 aliphatic carbocycles.